The molecule has 2 N–H and O–H groups in total. The normalized spacial score (nSPS) is 12.7. The first kappa shape index (κ1) is 9.71. The van der Waals surface area contributed by atoms with Gasteiger partial charge >= 0.3 is 0 Å². The minimum atomic E-state index is 0.140. The van der Waals surface area contributed by atoms with Crippen LogP contribution in [0.3, 0.4) is 0 Å². The van der Waals surface area contributed by atoms with E-state index in [1.807, 2.05) is 23.7 Å². The van der Waals surface area contributed by atoms with Gasteiger partial charge in [-0.1, -0.05) is 0 Å². The fourth-order valence-electron chi connectivity index (χ4n) is 1.55. The molecule has 2 aromatic heterocycles. The molecule has 0 aliphatic heterocycles. The SMILES string of the molecule is Cc1cnn(C(C)c2ccncc2)c1N. The number of nitrogens with two attached hydrogens (primary N) is 1. The number of nitrogens with zero attached hydrogens (tertiary/aromatic N) is 3. The van der Waals surface area contributed by atoms with Gasteiger partial charge in [0, 0.05) is 18.0 Å². The number of aryl methyl sites for hydroxylation is 1. The van der Waals surface area contributed by atoms with E-state index < -0.39 is 0 Å². The highest BCUT2D eigenvalue weighted by molar-refractivity contribution is 5.38. The highest BCUT2D eigenvalue weighted by Crippen LogP contribution is 2.21. The first-order chi connectivity index (χ1) is 7.20. The third kappa shape index (κ3) is 1.70. The molecular weight excluding hydrogens is 188 g/mol. The fraction of sp³-hybridized carbons (Fsp3) is 0.273. The molecule has 0 spiro atoms. The van der Waals surface area contributed by atoms with Crippen molar-refractivity contribution >= 4 is 5.82 Å². The van der Waals surface area contributed by atoms with E-state index in [0.29, 0.717) is 0 Å². The number of hydrogen-bond acceptors (Lipinski definition) is 3. The standard InChI is InChI=1S/C11H14N4/c1-8-7-14-15(11(8)12)9(2)10-3-5-13-6-4-10/h3-7,9H,12H2,1-2H3. The van der Waals surface area contributed by atoms with Crippen molar-refractivity contribution in [1.29, 1.82) is 0 Å². The lowest BCUT2D eigenvalue weighted by Crippen LogP contribution is -2.11. The molecule has 0 amide bonds. The molecule has 0 bridgehead atoms. The van der Waals surface area contributed by atoms with Crippen molar-refractivity contribution in [3.63, 3.8) is 0 Å². The zero-order valence-corrected chi connectivity index (χ0v) is 8.88. The third-order valence-corrected chi connectivity index (χ3v) is 2.58. The largest absolute Gasteiger partial charge is 0.384 e. The smallest absolute Gasteiger partial charge is 0.125 e. The van der Waals surface area contributed by atoms with Crippen molar-refractivity contribution < 1.29 is 0 Å². The van der Waals surface area contributed by atoms with Gasteiger partial charge in [-0.25, -0.2) is 4.68 Å². The van der Waals surface area contributed by atoms with E-state index in [1.165, 1.54) is 0 Å². The third-order valence-electron chi connectivity index (χ3n) is 2.58. The van der Waals surface area contributed by atoms with Gasteiger partial charge in [0.2, 0.25) is 0 Å². The van der Waals surface area contributed by atoms with Crippen molar-refractivity contribution in [3.05, 3.63) is 41.9 Å². The Morgan fingerprint density at radius 3 is 2.53 bits per heavy atom. The van der Waals surface area contributed by atoms with Gasteiger partial charge in [0.15, 0.2) is 0 Å². The van der Waals surface area contributed by atoms with Gasteiger partial charge in [0.05, 0.1) is 12.2 Å². The van der Waals surface area contributed by atoms with Crippen LogP contribution < -0.4 is 5.73 Å². The zero-order valence-electron chi connectivity index (χ0n) is 8.88. The molecule has 0 aliphatic rings. The Bertz CT molecular complexity index is 447. The molecular formula is C11H14N4. The number of aromatic nitrogens is 3. The van der Waals surface area contributed by atoms with Crippen LogP contribution in [0, 0.1) is 6.92 Å². The summed E-state index contributed by atoms with van der Waals surface area (Å²) in [6.45, 7) is 4.02. The molecule has 0 aromatic carbocycles. The maximum atomic E-state index is 5.93. The molecule has 4 nitrogen and oxygen atoms in total. The van der Waals surface area contributed by atoms with E-state index in [1.54, 1.807) is 18.6 Å². The van der Waals surface area contributed by atoms with Gasteiger partial charge in [0.25, 0.3) is 0 Å². The quantitative estimate of drug-likeness (QED) is 0.807. The van der Waals surface area contributed by atoms with Crippen molar-refractivity contribution in [3.8, 4) is 0 Å². The van der Waals surface area contributed by atoms with Crippen LogP contribution in [0.15, 0.2) is 30.7 Å². The summed E-state index contributed by atoms with van der Waals surface area (Å²) < 4.78 is 1.82. The Kier molecular flexibility index (Phi) is 2.41. The van der Waals surface area contributed by atoms with E-state index >= 15 is 0 Å². The summed E-state index contributed by atoms with van der Waals surface area (Å²) in [7, 11) is 0. The molecule has 0 saturated heterocycles. The highest BCUT2D eigenvalue weighted by Gasteiger charge is 2.12. The lowest BCUT2D eigenvalue weighted by Gasteiger charge is -2.14. The lowest BCUT2D eigenvalue weighted by atomic mass is 10.1. The molecule has 2 heterocycles. The Labute approximate surface area is 88.8 Å². The Balaban J connectivity index is 2.37. The molecule has 2 rings (SSSR count). The van der Waals surface area contributed by atoms with Crippen molar-refractivity contribution in [2.24, 2.45) is 0 Å². The average molecular weight is 202 g/mol. The predicted molar refractivity (Wildman–Crippen MR) is 59.4 cm³/mol. The van der Waals surface area contributed by atoms with Gasteiger partial charge in [-0.3, -0.25) is 4.98 Å². The second-order valence-corrected chi connectivity index (χ2v) is 3.61. The minimum Gasteiger partial charge on any atom is -0.384 e. The van der Waals surface area contributed by atoms with E-state index in [9.17, 15) is 0 Å². The summed E-state index contributed by atoms with van der Waals surface area (Å²) in [6.07, 6.45) is 5.34. The predicted octanol–water partition coefficient (Wildman–Crippen LogP) is 1.78. The van der Waals surface area contributed by atoms with E-state index in [4.69, 9.17) is 5.73 Å². The Morgan fingerprint density at radius 1 is 1.33 bits per heavy atom. The van der Waals surface area contributed by atoms with Crippen LogP contribution in [0.2, 0.25) is 0 Å². The number of pyridine rings is 1. The van der Waals surface area contributed by atoms with Crippen LogP contribution in [-0.2, 0) is 0 Å². The first-order valence-corrected chi connectivity index (χ1v) is 4.89. The second-order valence-electron chi connectivity index (χ2n) is 3.61. The molecule has 1 unspecified atom stereocenters. The maximum Gasteiger partial charge on any atom is 0.125 e. The molecule has 78 valence electrons. The monoisotopic (exact) mass is 202 g/mol. The van der Waals surface area contributed by atoms with Crippen LogP contribution >= 0.6 is 0 Å². The van der Waals surface area contributed by atoms with Gasteiger partial charge in [-0.2, -0.15) is 5.10 Å². The molecule has 0 aliphatic carbocycles. The topological polar surface area (TPSA) is 56.7 Å². The number of rotatable bonds is 2. The molecule has 0 fully saturated rings. The van der Waals surface area contributed by atoms with Gasteiger partial charge in [-0.15, -0.1) is 0 Å². The summed E-state index contributed by atoms with van der Waals surface area (Å²) in [6, 6.07) is 4.09. The van der Waals surface area contributed by atoms with Crippen LogP contribution in [0.25, 0.3) is 0 Å². The van der Waals surface area contributed by atoms with E-state index in [-0.39, 0.29) is 6.04 Å². The molecule has 0 saturated carbocycles. The van der Waals surface area contributed by atoms with E-state index in [2.05, 4.69) is 17.0 Å². The van der Waals surface area contributed by atoms with Gasteiger partial charge < -0.3 is 5.73 Å². The Morgan fingerprint density at radius 2 is 2.00 bits per heavy atom. The lowest BCUT2D eigenvalue weighted by molar-refractivity contribution is 0.572. The van der Waals surface area contributed by atoms with Crippen LogP contribution in [0.5, 0.6) is 0 Å². The van der Waals surface area contributed by atoms with Crippen molar-refractivity contribution in [1.82, 2.24) is 14.8 Å². The van der Waals surface area contributed by atoms with Crippen LogP contribution in [-0.4, -0.2) is 14.8 Å². The summed E-state index contributed by atoms with van der Waals surface area (Å²) in [5, 5.41) is 4.26. The van der Waals surface area contributed by atoms with Gasteiger partial charge in [-0.05, 0) is 31.5 Å². The van der Waals surface area contributed by atoms with Crippen LogP contribution in [0.4, 0.5) is 5.82 Å². The maximum absolute atomic E-state index is 5.93. The Hall–Kier alpha value is -1.84. The van der Waals surface area contributed by atoms with Crippen molar-refractivity contribution in [2.75, 3.05) is 5.73 Å². The zero-order chi connectivity index (χ0) is 10.8. The molecule has 1 atom stereocenters. The fourth-order valence-corrected chi connectivity index (χ4v) is 1.55. The minimum absolute atomic E-state index is 0.140. The second kappa shape index (κ2) is 3.73. The average Bonchev–Trinajstić information content (AvgIpc) is 2.60. The van der Waals surface area contributed by atoms with Crippen molar-refractivity contribution in [2.45, 2.75) is 19.9 Å². The van der Waals surface area contributed by atoms with Gasteiger partial charge in [0.1, 0.15) is 5.82 Å². The highest BCUT2D eigenvalue weighted by atomic mass is 15.3. The molecule has 2 aromatic rings. The van der Waals surface area contributed by atoms with Crippen LogP contribution in [0.1, 0.15) is 24.1 Å². The van der Waals surface area contributed by atoms with E-state index in [0.717, 1.165) is 16.9 Å². The number of nitrogen functional groups attached to an aromatic ring is 1. The molecule has 4 heteroatoms. The first-order valence-electron chi connectivity index (χ1n) is 4.89. The summed E-state index contributed by atoms with van der Waals surface area (Å²) in [4.78, 5) is 3.99. The number of anilines is 1. The number of hydrogen-bond donors (Lipinski definition) is 1. The molecule has 15 heavy (non-hydrogen) atoms. The summed E-state index contributed by atoms with van der Waals surface area (Å²) in [5.41, 5.74) is 8.09. The summed E-state index contributed by atoms with van der Waals surface area (Å²) >= 11 is 0. The summed E-state index contributed by atoms with van der Waals surface area (Å²) in [5.74, 6) is 0.722. The molecule has 0 radical (unpaired) electrons.